The summed E-state index contributed by atoms with van der Waals surface area (Å²) in [5.74, 6) is 1.81. The number of rotatable bonds is 7. The molecule has 2 aromatic heterocycles. The first-order valence-electron chi connectivity index (χ1n) is 8.96. The fourth-order valence-electron chi connectivity index (χ4n) is 3.01. The first-order chi connectivity index (χ1) is 13.0. The molecule has 0 bridgehead atoms. The molecule has 0 aliphatic carbocycles. The van der Waals surface area contributed by atoms with Crippen LogP contribution in [-0.4, -0.2) is 26.4 Å². The second-order valence-corrected chi connectivity index (χ2v) is 7.50. The van der Waals surface area contributed by atoms with Crippen molar-refractivity contribution in [2.24, 2.45) is 0 Å². The van der Waals surface area contributed by atoms with Crippen LogP contribution in [0.2, 0.25) is 0 Å². The zero-order chi connectivity index (χ0) is 19.4. The predicted octanol–water partition coefficient (Wildman–Crippen LogP) is 4.60. The van der Waals surface area contributed by atoms with E-state index in [2.05, 4.69) is 28.5 Å². The summed E-state index contributed by atoms with van der Waals surface area (Å²) in [4.78, 5) is 12.4. The van der Waals surface area contributed by atoms with Crippen LogP contribution in [0.5, 0.6) is 0 Å². The zero-order valence-corrected chi connectivity index (χ0v) is 16.9. The Morgan fingerprint density at radius 1 is 1.19 bits per heavy atom. The monoisotopic (exact) mass is 384 g/mol. The second-order valence-electron chi connectivity index (χ2n) is 6.56. The average molecular weight is 385 g/mol. The third kappa shape index (κ3) is 4.60. The summed E-state index contributed by atoms with van der Waals surface area (Å²) in [5, 5.41) is 12.3. The van der Waals surface area contributed by atoms with Gasteiger partial charge in [-0.15, -0.1) is 10.2 Å². The van der Waals surface area contributed by atoms with Gasteiger partial charge in [-0.2, -0.15) is 0 Å². The highest BCUT2D eigenvalue weighted by atomic mass is 32.2. The van der Waals surface area contributed by atoms with Crippen LogP contribution in [0.25, 0.3) is 11.4 Å². The maximum atomic E-state index is 12.4. The van der Waals surface area contributed by atoms with Crippen LogP contribution in [-0.2, 0) is 11.3 Å². The number of carbonyl (C=O) groups excluding carboxylic acids is 1. The number of aryl methyl sites for hydroxylation is 3. The van der Waals surface area contributed by atoms with Crippen molar-refractivity contribution in [3.63, 3.8) is 0 Å². The van der Waals surface area contributed by atoms with E-state index in [1.807, 2.05) is 43.5 Å². The van der Waals surface area contributed by atoms with Crippen molar-refractivity contribution >= 4 is 23.4 Å². The Bertz CT molecular complexity index is 925. The lowest BCUT2D eigenvalue weighted by Crippen LogP contribution is -2.15. The lowest BCUT2D eigenvalue weighted by Gasteiger charge is -2.09. The van der Waals surface area contributed by atoms with Gasteiger partial charge in [0.15, 0.2) is 11.0 Å². The van der Waals surface area contributed by atoms with E-state index >= 15 is 0 Å². The Kier molecular flexibility index (Phi) is 6.01. The molecule has 0 fully saturated rings. The van der Waals surface area contributed by atoms with Crippen LogP contribution in [0.1, 0.15) is 30.2 Å². The zero-order valence-electron chi connectivity index (χ0n) is 16.1. The van der Waals surface area contributed by atoms with Crippen molar-refractivity contribution in [2.45, 2.75) is 45.8 Å². The molecule has 0 saturated carbocycles. The maximum absolute atomic E-state index is 12.4. The van der Waals surface area contributed by atoms with E-state index in [-0.39, 0.29) is 11.7 Å². The fourth-order valence-corrected chi connectivity index (χ4v) is 3.78. The lowest BCUT2D eigenvalue weighted by atomic mass is 10.1. The van der Waals surface area contributed by atoms with E-state index in [1.54, 1.807) is 6.26 Å². The highest BCUT2D eigenvalue weighted by molar-refractivity contribution is 7.99. The van der Waals surface area contributed by atoms with Gasteiger partial charge in [-0.1, -0.05) is 24.8 Å². The number of carbonyl (C=O) groups is 1. The van der Waals surface area contributed by atoms with Gasteiger partial charge in [0.05, 0.1) is 17.6 Å². The fraction of sp³-hybridized carbons (Fsp3) is 0.350. The number of thioether (sulfide) groups is 1. The Morgan fingerprint density at radius 2 is 1.93 bits per heavy atom. The molecule has 0 aliphatic rings. The molecule has 3 aromatic rings. The summed E-state index contributed by atoms with van der Waals surface area (Å²) < 4.78 is 7.44. The molecular formula is C20H24N4O2S. The second kappa shape index (κ2) is 8.43. The summed E-state index contributed by atoms with van der Waals surface area (Å²) in [6.07, 6.45) is 2.60. The van der Waals surface area contributed by atoms with Gasteiger partial charge in [-0.3, -0.25) is 4.79 Å². The van der Waals surface area contributed by atoms with Crippen molar-refractivity contribution in [1.82, 2.24) is 14.8 Å². The van der Waals surface area contributed by atoms with Crippen molar-refractivity contribution in [3.8, 4) is 11.4 Å². The maximum Gasteiger partial charge on any atom is 0.234 e. The van der Waals surface area contributed by atoms with Crippen molar-refractivity contribution < 1.29 is 9.21 Å². The van der Waals surface area contributed by atoms with Crippen LogP contribution in [0.15, 0.2) is 40.1 Å². The summed E-state index contributed by atoms with van der Waals surface area (Å²) in [6, 6.07) is 7.91. The van der Waals surface area contributed by atoms with Gasteiger partial charge < -0.3 is 14.3 Å². The summed E-state index contributed by atoms with van der Waals surface area (Å²) >= 11 is 1.39. The normalized spacial score (nSPS) is 11.0. The highest BCUT2D eigenvalue weighted by Gasteiger charge is 2.18. The van der Waals surface area contributed by atoms with Crippen LogP contribution in [0, 0.1) is 20.8 Å². The number of furan rings is 1. The molecular weight excluding hydrogens is 360 g/mol. The smallest absolute Gasteiger partial charge is 0.234 e. The number of aromatic nitrogens is 3. The van der Waals surface area contributed by atoms with E-state index in [4.69, 9.17) is 4.42 Å². The van der Waals surface area contributed by atoms with Crippen LogP contribution in [0.4, 0.5) is 5.69 Å². The molecule has 6 nitrogen and oxygen atoms in total. The van der Waals surface area contributed by atoms with Gasteiger partial charge in [-0.25, -0.2) is 0 Å². The molecule has 0 saturated heterocycles. The van der Waals surface area contributed by atoms with E-state index in [0.29, 0.717) is 0 Å². The number of nitrogens with one attached hydrogen (secondary N) is 1. The third-order valence-electron chi connectivity index (χ3n) is 4.10. The summed E-state index contributed by atoms with van der Waals surface area (Å²) in [6.45, 7) is 8.83. The Hall–Kier alpha value is -2.54. The largest absolute Gasteiger partial charge is 0.469 e. The van der Waals surface area contributed by atoms with Gasteiger partial charge >= 0.3 is 0 Å². The topological polar surface area (TPSA) is 73.0 Å². The number of amides is 1. The Balaban J connectivity index is 1.71. The van der Waals surface area contributed by atoms with Gasteiger partial charge in [0, 0.05) is 12.2 Å². The molecule has 1 aromatic carbocycles. The van der Waals surface area contributed by atoms with Gasteiger partial charge in [0.25, 0.3) is 0 Å². The molecule has 7 heteroatoms. The van der Waals surface area contributed by atoms with Gasteiger partial charge in [0.2, 0.25) is 5.91 Å². The molecule has 27 heavy (non-hydrogen) atoms. The minimum absolute atomic E-state index is 0.0582. The van der Waals surface area contributed by atoms with Crippen LogP contribution >= 0.6 is 11.8 Å². The standard InChI is InChI=1S/C20H24N4O2S/c1-5-7-24-19(17-6-8-26-15(17)4)22-23-20(24)27-12-18(25)21-16-10-13(2)9-14(3)11-16/h6,8-11H,5,7,12H2,1-4H3,(H,21,25). The van der Waals surface area contributed by atoms with E-state index in [9.17, 15) is 4.79 Å². The minimum atomic E-state index is -0.0582. The molecule has 0 unspecified atom stereocenters. The molecule has 0 atom stereocenters. The lowest BCUT2D eigenvalue weighted by molar-refractivity contribution is -0.113. The Morgan fingerprint density at radius 3 is 2.56 bits per heavy atom. The molecule has 1 amide bonds. The number of anilines is 1. The van der Waals surface area contributed by atoms with E-state index in [0.717, 1.165) is 52.1 Å². The van der Waals surface area contributed by atoms with Crippen LogP contribution < -0.4 is 5.32 Å². The number of nitrogens with zero attached hydrogens (tertiary/aromatic N) is 3. The summed E-state index contributed by atoms with van der Waals surface area (Å²) in [7, 11) is 0. The molecule has 1 N–H and O–H groups in total. The number of benzene rings is 1. The number of hydrogen-bond donors (Lipinski definition) is 1. The molecule has 3 rings (SSSR count). The quantitative estimate of drug-likeness (QED) is 0.603. The minimum Gasteiger partial charge on any atom is -0.469 e. The third-order valence-corrected chi connectivity index (χ3v) is 5.07. The van der Waals surface area contributed by atoms with Crippen molar-refractivity contribution in [3.05, 3.63) is 47.4 Å². The molecule has 0 spiro atoms. The van der Waals surface area contributed by atoms with Crippen molar-refractivity contribution in [1.29, 1.82) is 0 Å². The van der Waals surface area contributed by atoms with E-state index < -0.39 is 0 Å². The predicted molar refractivity (Wildman–Crippen MR) is 108 cm³/mol. The first-order valence-corrected chi connectivity index (χ1v) is 9.95. The Labute approximate surface area is 163 Å². The van der Waals surface area contributed by atoms with Gasteiger partial charge in [-0.05, 0) is 56.5 Å². The average Bonchev–Trinajstić information content (AvgIpc) is 3.18. The number of hydrogen-bond acceptors (Lipinski definition) is 5. The molecule has 2 heterocycles. The molecule has 0 aliphatic heterocycles. The van der Waals surface area contributed by atoms with Gasteiger partial charge in [0.1, 0.15) is 5.76 Å². The van der Waals surface area contributed by atoms with E-state index in [1.165, 1.54) is 11.8 Å². The molecule has 142 valence electrons. The van der Waals surface area contributed by atoms with Crippen LogP contribution in [0.3, 0.4) is 0 Å². The highest BCUT2D eigenvalue weighted by Crippen LogP contribution is 2.27. The SMILES string of the molecule is CCCn1c(SCC(=O)Nc2cc(C)cc(C)c2)nnc1-c1ccoc1C. The van der Waals surface area contributed by atoms with Crippen molar-refractivity contribution in [2.75, 3.05) is 11.1 Å². The first kappa shape index (κ1) is 19.2. The summed E-state index contributed by atoms with van der Waals surface area (Å²) in [5.41, 5.74) is 4.01. The molecule has 0 radical (unpaired) electrons.